The van der Waals surface area contributed by atoms with Crippen LogP contribution in [0, 0.1) is 17.8 Å². The van der Waals surface area contributed by atoms with Crippen molar-refractivity contribution in [1.29, 1.82) is 0 Å². The average Bonchev–Trinajstić information content (AvgIpc) is 3.02. The van der Waals surface area contributed by atoms with Crippen LogP contribution in [-0.4, -0.2) is 70.8 Å². The zero-order valence-corrected chi connectivity index (χ0v) is 27.8. The van der Waals surface area contributed by atoms with E-state index in [0.717, 1.165) is 11.1 Å². The highest BCUT2D eigenvalue weighted by Gasteiger charge is 2.44. The van der Waals surface area contributed by atoms with Crippen LogP contribution in [0.25, 0.3) is 11.1 Å². The molecule has 258 valence electrons. The maximum atomic E-state index is 13.5. The van der Waals surface area contributed by atoms with E-state index in [9.17, 15) is 42.3 Å². The minimum atomic E-state index is -5.07. The van der Waals surface area contributed by atoms with Gasteiger partial charge in [0, 0.05) is 36.7 Å². The van der Waals surface area contributed by atoms with E-state index in [1.54, 1.807) is 26.0 Å². The lowest BCUT2D eigenvalue weighted by atomic mass is 9.87. The summed E-state index contributed by atoms with van der Waals surface area (Å²) in [7, 11) is 0. The van der Waals surface area contributed by atoms with Crippen LogP contribution in [0.5, 0.6) is 0 Å². The number of carbonyl (C=O) groups excluding carboxylic acids is 5. The Kier molecular flexibility index (Phi) is 15.6. The predicted octanol–water partition coefficient (Wildman–Crippen LogP) is 4.71. The molecule has 0 saturated heterocycles. The summed E-state index contributed by atoms with van der Waals surface area (Å²) in [5.74, 6) is -4.71. The Morgan fingerprint density at radius 3 is 1.98 bits per heavy atom. The topological polar surface area (TPSA) is 156 Å². The number of nitrogens with two attached hydrogens (primary N) is 1. The summed E-state index contributed by atoms with van der Waals surface area (Å²) in [4.78, 5) is 63.9. The second-order valence-corrected chi connectivity index (χ2v) is 12.9. The van der Waals surface area contributed by atoms with Gasteiger partial charge in [-0.2, -0.15) is 24.9 Å². The van der Waals surface area contributed by atoms with Gasteiger partial charge in [-0.3, -0.25) is 24.0 Å². The monoisotopic (exact) mass is 679 g/mol. The quantitative estimate of drug-likeness (QED) is 0.157. The molecule has 0 radical (unpaired) electrons. The van der Waals surface area contributed by atoms with Crippen LogP contribution in [0.3, 0.4) is 0 Å². The first-order valence-corrected chi connectivity index (χ1v) is 16.8. The van der Waals surface area contributed by atoms with Gasteiger partial charge in [0.1, 0.15) is 0 Å². The summed E-state index contributed by atoms with van der Waals surface area (Å²) in [6, 6.07) is 13.9. The highest BCUT2D eigenvalue weighted by Crippen LogP contribution is 2.26. The zero-order valence-electron chi connectivity index (χ0n) is 27.0. The van der Waals surface area contributed by atoms with Crippen molar-refractivity contribution in [3.8, 4) is 11.1 Å². The maximum absolute atomic E-state index is 13.5. The number of Topliss-reactive ketones (excluding diaryl/α,β-unsaturated/α-hetero) is 2. The zero-order chi connectivity index (χ0) is 35.3. The van der Waals surface area contributed by atoms with Gasteiger partial charge >= 0.3 is 6.18 Å². The van der Waals surface area contributed by atoms with E-state index in [4.69, 9.17) is 5.73 Å². The van der Waals surface area contributed by atoms with Crippen molar-refractivity contribution in [2.24, 2.45) is 23.5 Å². The number of aliphatic hydroxyl groups is 1. The standard InChI is InChI=1S/C34H44F3N3O6S/c1-20(2)25(19-28(41)24-12-10-23(11-13-24)22-8-6-5-7-9-22)33(46)39-26(16-17-47-4)29(42)18-21(3)32(45)40-27(14-15-30(38)43)31(44)34(35,36)37/h5-13,20-21,25-27,31,44H,14-19H2,1-4H3,(H2,38,43)(H,39,46)(H,40,45)/t21-,25+,26+,27?,31?/m1/s1. The van der Waals surface area contributed by atoms with Gasteiger partial charge in [0.25, 0.3) is 0 Å². The van der Waals surface area contributed by atoms with Crippen molar-refractivity contribution in [3.05, 3.63) is 60.2 Å². The van der Waals surface area contributed by atoms with Gasteiger partial charge in [0.05, 0.1) is 12.1 Å². The number of nitrogens with one attached hydrogen (secondary N) is 2. The molecule has 2 rings (SSSR count). The Hall–Kier alpha value is -3.71. The molecule has 5 atom stereocenters. The highest BCUT2D eigenvalue weighted by molar-refractivity contribution is 7.98. The summed E-state index contributed by atoms with van der Waals surface area (Å²) in [6.45, 7) is 4.93. The van der Waals surface area contributed by atoms with E-state index >= 15 is 0 Å². The van der Waals surface area contributed by atoms with Crippen LogP contribution in [0.1, 0.15) is 63.2 Å². The number of ketones is 2. The Bertz CT molecular complexity index is 1360. The van der Waals surface area contributed by atoms with Gasteiger partial charge in [-0.05, 0) is 41.9 Å². The summed E-state index contributed by atoms with van der Waals surface area (Å²) in [5, 5.41) is 14.6. The molecule has 0 bridgehead atoms. The second-order valence-electron chi connectivity index (χ2n) is 11.9. The molecule has 2 aromatic carbocycles. The number of hydrogen-bond donors (Lipinski definition) is 4. The average molecular weight is 680 g/mol. The lowest BCUT2D eigenvalue weighted by molar-refractivity contribution is -0.213. The third-order valence-electron chi connectivity index (χ3n) is 7.88. The van der Waals surface area contributed by atoms with Crippen molar-refractivity contribution in [1.82, 2.24) is 10.6 Å². The van der Waals surface area contributed by atoms with Crippen molar-refractivity contribution >= 4 is 41.0 Å². The van der Waals surface area contributed by atoms with Crippen LogP contribution in [0.2, 0.25) is 0 Å². The Balaban J connectivity index is 2.11. The first-order chi connectivity index (χ1) is 22.0. The van der Waals surface area contributed by atoms with Gasteiger partial charge in [0.15, 0.2) is 17.7 Å². The summed E-state index contributed by atoms with van der Waals surface area (Å²) in [5.41, 5.74) is 7.41. The normalized spacial score (nSPS) is 14.8. The highest BCUT2D eigenvalue weighted by atomic mass is 32.2. The largest absolute Gasteiger partial charge is 0.416 e. The molecular weight excluding hydrogens is 635 g/mol. The number of aliphatic hydroxyl groups excluding tert-OH is 1. The van der Waals surface area contributed by atoms with E-state index in [1.807, 2.05) is 48.7 Å². The van der Waals surface area contributed by atoms with E-state index in [1.165, 1.54) is 18.7 Å². The van der Waals surface area contributed by atoms with Gasteiger partial charge in [-0.15, -0.1) is 0 Å². The van der Waals surface area contributed by atoms with E-state index in [2.05, 4.69) is 10.6 Å². The Labute approximate surface area is 277 Å². The minimum Gasteiger partial charge on any atom is -0.382 e. The lowest BCUT2D eigenvalue weighted by Crippen LogP contribution is -2.52. The van der Waals surface area contributed by atoms with E-state index in [-0.39, 0.29) is 24.5 Å². The third-order valence-corrected chi connectivity index (χ3v) is 8.52. The second kappa shape index (κ2) is 18.6. The van der Waals surface area contributed by atoms with Crippen molar-refractivity contribution in [2.45, 2.75) is 77.2 Å². The first-order valence-electron chi connectivity index (χ1n) is 15.4. The van der Waals surface area contributed by atoms with Crippen LogP contribution >= 0.6 is 11.8 Å². The molecule has 0 aliphatic carbocycles. The molecule has 0 aliphatic heterocycles. The van der Waals surface area contributed by atoms with Crippen LogP contribution < -0.4 is 16.4 Å². The number of amides is 3. The fourth-order valence-electron chi connectivity index (χ4n) is 4.95. The maximum Gasteiger partial charge on any atom is 0.416 e. The van der Waals surface area contributed by atoms with Gasteiger partial charge in [0.2, 0.25) is 17.7 Å². The molecule has 0 fully saturated rings. The lowest BCUT2D eigenvalue weighted by Gasteiger charge is -2.27. The summed E-state index contributed by atoms with van der Waals surface area (Å²) in [6.07, 6.45) is -7.53. The molecule has 2 unspecified atom stereocenters. The number of primary amides is 1. The molecule has 5 N–H and O–H groups in total. The number of alkyl halides is 3. The Morgan fingerprint density at radius 1 is 0.851 bits per heavy atom. The van der Waals surface area contributed by atoms with Crippen LogP contribution in [0.4, 0.5) is 13.2 Å². The molecule has 47 heavy (non-hydrogen) atoms. The number of carbonyl (C=O) groups is 5. The SMILES string of the molecule is CSCC[C@H](NC(=O)[C@@H](CC(=O)c1ccc(-c2ccccc2)cc1)C(C)C)C(=O)C[C@@H](C)C(=O)NC(CCC(N)=O)C(O)C(F)(F)F. The number of hydrogen-bond acceptors (Lipinski definition) is 7. The van der Waals surface area contributed by atoms with Gasteiger partial charge in [-0.1, -0.05) is 75.4 Å². The number of halogens is 3. The molecular formula is C34H44F3N3O6S. The number of benzene rings is 2. The Morgan fingerprint density at radius 2 is 1.45 bits per heavy atom. The van der Waals surface area contributed by atoms with Gasteiger partial charge < -0.3 is 21.5 Å². The summed E-state index contributed by atoms with van der Waals surface area (Å²) >= 11 is 1.43. The number of rotatable bonds is 19. The molecule has 0 aliphatic rings. The molecule has 2 aromatic rings. The molecule has 9 nitrogen and oxygen atoms in total. The molecule has 0 aromatic heterocycles. The van der Waals surface area contributed by atoms with Crippen molar-refractivity contribution < 1.29 is 42.3 Å². The molecule has 3 amide bonds. The molecule has 0 saturated carbocycles. The predicted molar refractivity (Wildman–Crippen MR) is 175 cm³/mol. The minimum absolute atomic E-state index is 0.0926. The molecule has 0 heterocycles. The summed E-state index contributed by atoms with van der Waals surface area (Å²) < 4.78 is 39.5. The van der Waals surface area contributed by atoms with E-state index < -0.39 is 79.0 Å². The fourth-order valence-corrected chi connectivity index (χ4v) is 5.42. The van der Waals surface area contributed by atoms with E-state index in [0.29, 0.717) is 11.3 Å². The number of thioether (sulfide) groups is 1. The van der Waals surface area contributed by atoms with Crippen LogP contribution in [0.15, 0.2) is 54.6 Å². The van der Waals surface area contributed by atoms with Crippen molar-refractivity contribution in [3.63, 3.8) is 0 Å². The third kappa shape index (κ3) is 12.8. The van der Waals surface area contributed by atoms with Gasteiger partial charge in [-0.25, -0.2) is 0 Å². The molecule has 13 heteroatoms. The first kappa shape index (κ1) is 39.5. The molecule has 0 spiro atoms. The van der Waals surface area contributed by atoms with Crippen molar-refractivity contribution in [2.75, 3.05) is 12.0 Å². The fraction of sp³-hybridized carbons (Fsp3) is 0.500. The van der Waals surface area contributed by atoms with Crippen LogP contribution in [-0.2, 0) is 19.2 Å². The smallest absolute Gasteiger partial charge is 0.382 e.